The summed E-state index contributed by atoms with van der Waals surface area (Å²) in [5, 5.41) is 8.69. The molecular weight excluding hydrogens is 178 g/mol. The minimum absolute atomic E-state index is 0.0904. The van der Waals surface area contributed by atoms with E-state index in [0.717, 1.165) is 6.42 Å². The van der Waals surface area contributed by atoms with Crippen LogP contribution < -0.4 is 4.90 Å². The molecule has 1 aliphatic heterocycles. The molecule has 1 fully saturated rings. The van der Waals surface area contributed by atoms with Gasteiger partial charge in [0.2, 0.25) is 5.91 Å². The minimum Gasteiger partial charge on any atom is -0.297 e. The second-order valence-electron chi connectivity index (χ2n) is 3.16. The molecule has 2 rings (SSSR count). The Kier molecular flexibility index (Phi) is 2.15. The summed E-state index contributed by atoms with van der Waals surface area (Å²) in [6, 6.07) is 5.30. The van der Waals surface area contributed by atoms with E-state index in [1.54, 1.807) is 23.2 Å². The maximum Gasteiger partial charge on any atom is 0.228 e. The Morgan fingerprint density at radius 1 is 1.57 bits per heavy atom. The van der Waals surface area contributed by atoms with Crippen molar-refractivity contribution >= 4 is 11.7 Å². The predicted molar refractivity (Wildman–Crippen MR) is 50.5 cm³/mol. The highest BCUT2D eigenvalue weighted by molar-refractivity contribution is 5.94. The Labute approximate surface area is 81.8 Å². The molecule has 14 heavy (non-hydrogen) atoms. The Morgan fingerprint density at radius 2 is 2.43 bits per heavy atom. The van der Waals surface area contributed by atoms with Crippen molar-refractivity contribution in [3.63, 3.8) is 0 Å². The summed E-state index contributed by atoms with van der Waals surface area (Å²) in [4.78, 5) is 17.1. The van der Waals surface area contributed by atoms with Crippen molar-refractivity contribution in [1.29, 1.82) is 5.26 Å². The van der Waals surface area contributed by atoms with Crippen molar-refractivity contribution < 1.29 is 4.79 Å². The monoisotopic (exact) mass is 187 g/mol. The summed E-state index contributed by atoms with van der Waals surface area (Å²) in [7, 11) is 0. The second-order valence-corrected chi connectivity index (χ2v) is 3.16. The van der Waals surface area contributed by atoms with E-state index in [-0.39, 0.29) is 5.91 Å². The van der Waals surface area contributed by atoms with Gasteiger partial charge in [0.25, 0.3) is 0 Å². The fraction of sp³-hybridized carbons (Fsp3) is 0.300. The number of carbonyl (C=O) groups is 1. The van der Waals surface area contributed by atoms with Gasteiger partial charge in [0, 0.05) is 19.2 Å². The first-order valence-corrected chi connectivity index (χ1v) is 4.48. The standard InChI is InChI=1S/C10H9N3O/c11-7-8-3-4-12-9(6-8)13-5-1-2-10(13)14/h3-4,6H,1-2,5H2. The van der Waals surface area contributed by atoms with Gasteiger partial charge in [-0.3, -0.25) is 9.69 Å². The average Bonchev–Trinajstić information content (AvgIpc) is 2.65. The molecule has 4 heteroatoms. The zero-order valence-electron chi connectivity index (χ0n) is 7.60. The van der Waals surface area contributed by atoms with Crippen molar-refractivity contribution in [2.75, 3.05) is 11.4 Å². The predicted octanol–water partition coefficient (Wildman–Crippen LogP) is 1.08. The van der Waals surface area contributed by atoms with Crippen molar-refractivity contribution in [3.05, 3.63) is 23.9 Å². The molecule has 1 aromatic heterocycles. The van der Waals surface area contributed by atoms with E-state index in [9.17, 15) is 4.79 Å². The van der Waals surface area contributed by atoms with Crippen LogP contribution in [0.1, 0.15) is 18.4 Å². The number of hydrogen-bond acceptors (Lipinski definition) is 3. The molecule has 4 nitrogen and oxygen atoms in total. The van der Waals surface area contributed by atoms with Crippen LogP contribution in [-0.2, 0) is 4.79 Å². The molecule has 0 bridgehead atoms. The first-order valence-electron chi connectivity index (χ1n) is 4.48. The molecule has 0 aromatic carbocycles. The fourth-order valence-electron chi connectivity index (χ4n) is 1.53. The summed E-state index contributed by atoms with van der Waals surface area (Å²) < 4.78 is 0. The molecule has 0 aliphatic carbocycles. The second kappa shape index (κ2) is 3.46. The highest BCUT2D eigenvalue weighted by Crippen LogP contribution is 2.19. The summed E-state index contributed by atoms with van der Waals surface area (Å²) >= 11 is 0. The zero-order chi connectivity index (χ0) is 9.97. The van der Waals surface area contributed by atoms with E-state index in [4.69, 9.17) is 5.26 Å². The average molecular weight is 187 g/mol. The van der Waals surface area contributed by atoms with E-state index in [1.165, 1.54) is 0 Å². The fourth-order valence-corrected chi connectivity index (χ4v) is 1.53. The van der Waals surface area contributed by atoms with Crippen LogP contribution in [0.5, 0.6) is 0 Å². The lowest BCUT2D eigenvalue weighted by molar-refractivity contribution is -0.117. The van der Waals surface area contributed by atoms with Crippen LogP contribution >= 0.6 is 0 Å². The lowest BCUT2D eigenvalue weighted by Gasteiger charge is -2.13. The number of carbonyl (C=O) groups excluding carboxylic acids is 1. The zero-order valence-corrected chi connectivity index (χ0v) is 7.60. The van der Waals surface area contributed by atoms with Gasteiger partial charge in [0.05, 0.1) is 11.6 Å². The molecule has 0 spiro atoms. The molecule has 1 aliphatic rings. The molecule has 1 aromatic rings. The van der Waals surface area contributed by atoms with Crippen LogP contribution in [0.15, 0.2) is 18.3 Å². The van der Waals surface area contributed by atoms with Gasteiger partial charge >= 0.3 is 0 Å². The maximum atomic E-state index is 11.4. The third kappa shape index (κ3) is 1.44. The van der Waals surface area contributed by atoms with Crippen LogP contribution in [0.4, 0.5) is 5.82 Å². The van der Waals surface area contributed by atoms with E-state index in [1.807, 2.05) is 6.07 Å². The lowest BCUT2D eigenvalue weighted by Crippen LogP contribution is -2.24. The van der Waals surface area contributed by atoms with E-state index in [2.05, 4.69) is 4.98 Å². The van der Waals surface area contributed by atoms with Gasteiger partial charge in [-0.2, -0.15) is 5.26 Å². The number of rotatable bonds is 1. The minimum atomic E-state index is 0.0904. The number of pyridine rings is 1. The number of nitrogens with zero attached hydrogens (tertiary/aromatic N) is 3. The van der Waals surface area contributed by atoms with Crippen molar-refractivity contribution in [2.24, 2.45) is 0 Å². The highest BCUT2D eigenvalue weighted by atomic mass is 16.2. The Hall–Kier alpha value is -1.89. The third-order valence-electron chi connectivity index (χ3n) is 2.22. The molecule has 2 heterocycles. The van der Waals surface area contributed by atoms with Gasteiger partial charge in [0.15, 0.2) is 0 Å². The largest absolute Gasteiger partial charge is 0.297 e. The van der Waals surface area contributed by atoms with Crippen LogP contribution in [0.2, 0.25) is 0 Å². The van der Waals surface area contributed by atoms with Gasteiger partial charge in [-0.1, -0.05) is 0 Å². The molecule has 0 saturated carbocycles. The van der Waals surface area contributed by atoms with Gasteiger partial charge < -0.3 is 0 Å². The topological polar surface area (TPSA) is 57.0 Å². The normalized spacial score (nSPS) is 15.6. The number of amides is 1. The summed E-state index contributed by atoms with van der Waals surface area (Å²) in [6.45, 7) is 0.709. The molecule has 70 valence electrons. The van der Waals surface area contributed by atoms with Crippen LogP contribution in [0.3, 0.4) is 0 Å². The van der Waals surface area contributed by atoms with Crippen LogP contribution in [-0.4, -0.2) is 17.4 Å². The van der Waals surface area contributed by atoms with E-state index >= 15 is 0 Å². The van der Waals surface area contributed by atoms with Crippen LogP contribution in [0.25, 0.3) is 0 Å². The third-order valence-corrected chi connectivity index (χ3v) is 2.22. The van der Waals surface area contributed by atoms with E-state index in [0.29, 0.717) is 24.3 Å². The molecule has 0 unspecified atom stereocenters. The Morgan fingerprint density at radius 3 is 3.07 bits per heavy atom. The number of hydrogen-bond donors (Lipinski definition) is 0. The van der Waals surface area contributed by atoms with Crippen molar-refractivity contribution in [1.82, 2.24) is 4.98 Å². The smallest absolute Gasteiger partial charge is 0.228 e. The molecule has 0 N–H and O–H groups in total. The molecular formula is C10H9N3O. The van der Waals surface area contributed by atoms with Gasteiger partial charge in [0.1, 0.15) is 5.82 Å². The summed E-state index contributed by atoms with van der Waals surface area (Å²) in [5.74, 6) is 0.680. The van der Waals surface area contributed by atoms with Gasteiger partial charge in [-0.15, -0.1) is 0 Å². The maximum absolute atomic E-state index is 11.4. The molecule has 0 atom stereocenters. The summed E-state index contributed by atoms with van der Waals surface area (Å²) in [6.07, 6.45) is 3.01. The first-order chi connectivity index (χ1) is 6.81. The number of anilines is 1. The Balaban J connectivity index is 2.32. The number of nitriles is 1. The quantitative estimate of drug-likeness (QED) is 0.661. The van der Waals surface area contributed by atoms with Crippen molar-refractivity contribution in [3.8, 4) is 6.07 Å². The lowest BCUT2D eigenvalue weighted by atomic mass is 10.3. The Bertz CT molecular complexity index is 408. The van der Waals surface area contributed by atoms with Crippen molar-refractivity contribution in [2.45, 2.75) is 12.8 Å². The molecule has 0 radical (unpaired) electrons. The SMILES string of the molecule is N#Cc1ccnc(N2CCCC2=O)c1. The van der Waals surface area contributed by atoms with E-state index < -0.39 is 0 Å². The molecule has 1 saturated heterocycles. The first kappa shape index (κ1) is 8.70. The number of aromatic nitrogens is 1. The highest BCUT2D eigenvalue weighted by Gasteiger charge is 2.22. The summed E-state index contributed by atoms with van der Waals surface area (Å²) in [5.41, 5.74) is 0.537. The van der Waals surface area contributed by atoms with Gasteiger partial charge in [-0.25, -0.2) is 4.98 Å². The van der Waals surface area contributed by atoms with Crippen LogP contribution in [0, 0.1) is 11.3 Å². The van der Waals surface area contributed by atoms with Gasteiger partial charge in [-0.05, 0) is 18.6 Å². The molecule has 1 amide bonds.